The number of sulfonamides is 1. The SMILES string of the molecule is CCCS(=O)(=O)N1CCCC(C(=O)NC(c2ccc(F)cc2)c2nccn2C)C1. The monoisotopic (exact) mass is 422 g/mol. The summed E-state index contributed by atoms with van der Waals surface area (Å²) in [7, 11) is -1.52. The lowest BCUT2D eigenvalue weighted by Gasteiger charge is -2.32. The van der Waals surface area contributed by atoms with E-state index in [9.17, 15) is 17.6 Å². The van der Waals surface area contributed by atoms with Gasteiger partial charge in [0.15, 0.2) is 0 Å². The van der Waals surface area contributed by atoms with Gasteiger partial charge in [-0.1, -0.05) is 19.1 Å². The topological polar surface area (TPSA) is 84.3 Å². The predicted molar refractivity (Wildman–Crippen MR) is 108 cm³/mol. The van der Waals surface area contributed by atoms with Crippen LogP contribution in [0.5, 0.6) is 0 Å². The Labute approximate surface area is 171 Å². The Morgan fingerprint density at radius 3 is 2.69 bits per heavy atom. The van der Waals surface area contributed by atoms with E-state index in [1.165, 1.54) is 16.4 Å². The lowest BCUT2D eigenvalue weighted by Crippen LogP contribution is -2.46. The molecule has 2 heterocycles. The average Bonchev–Trinajstić information content (AvgIpc) is 3.12. The van der Waals surface area contributed by atoms with Crippen molar-refractivity contribution in [1.29, 1.82) is 0 Å². The number of benzene rings is 1. The van der Waals surface area contributed by atoms with Gasteiger partial charge in [0.2, 0.25) is 15.9 Å². The van der Waals surface area contributed by atoms with E-state index in [-0.39, 0.29) is 24.0 Å². The number of aromatic nitrogens is 2. The molecule has 1 aliphatic rings. The van der Waals surface area contributed by atoms with Crippen LogP contribution in [0.15, 0.2) is 36.7 Å². The number of halogens is 1. The van der Waals surface area contributed by atoms with Gasteiger partial charge < -0.3 is 9.88 Å². The summed E-state index contributed by atoms with van der Waals surface area (Å²) < 4.78 is 41.4. The summed E-state index contributed by atoms with van der Waals surface area (Å²) >= 11 is 0. The highest BCUT2D eigenvalue weighted by molar-refractivity contribution is 7.89. The number of piperidine rings is 1. The molecule has 1 amide bonds. The van der Waals surface area contributed by atoms with Crippen molar-refractivity contribution in [3.8, 4) is 0 Å². The van der Waals surface area contributed by atoms with E-state index >= 15 is 0 Å². The van der Waals surface area contributed by atoms with Crippen LogP contribution in [0.2, 0.25) is 0 Å². The molecule has 1 saturated heterocycles. The molecule has 0 spiro atoms. The van der Waals surface area contributed by atoms with Crippen molar-refractivity contribution in [1.82, 2.24) is 19.2 Å². The second-order valence-electron chi connectivity index (χ2n) is 7.40. The van der Waals surface area contributed by atoms with Gasteiger partial charge in [0, 0.05) is 32.5 Å². The predicted octanol–water partition coefficient (Wildman–Crippen LogP) is 2.22. The molecule has 2 atom stereocenters. The third-order valence-electron chi connectivity index (χ3n) is 5.22. The Hall–Kier alpha value is -2.26. The molecule has 29 heavy (non-hydrogen) atoms. The quantitative estimate of drug-likeness (QED) is 0.742. The van der Waals surface area contributed by atoms with Crippen LogP contribution in [0.25, 0.3) is 0 Å². The molecule has 1 fully saturated rings. The first kappa shape index (κ1) is 21.4. The van der Waals surface area contributed by atoms with Gasteiger partial charge in [-0.15, -0.1) is 0 Å². The van der Waals surface area contributed by atoms with Crippen LogP contribution in [-0.2, 0) is 21.9 Å². The normalized spacial score (nSPS) is 19.1. The van der Waals surface area contributed by atoms with Gasteiger partial charge in [-0.05, 0) is 37.0 Å². The Morgan fingerprint density at radius 1 is 1.34 bits per heavy atom. The number of aryl methyl sites for hydroxylation is 1. The molecule has 0 radical (unpaired) electrons. The molecule has 1 N–H and O–H groups in total. The average molecular weight is 423 g/mol. The van der Waals surface area contributed by atoms with E-state index in [0.29, 0.717) is 37.2 Å². The van der Waals surface area contributed by atoms with Crippen molar-refractivity contribution in [2.45, 2.75) is 32.2 Å². The van der Waals surface area contributed by atoms with Crippen molar-refractivity contribution in [2.24, 2.45) is 13.0 Å². The summed E-state index contributed by atoms with van der Waals surface area (Å²) in [5.74, 6) is -0.302. The minimum Gasteiger partial charge on any atom is -0.342 e. The molecule has 9 heteroatoms. The van der Waals surface area contributed by atoms with Crippen molar-refractivity contribution in [3.63, 3.8) is 0 Å². The Morgan fingerprint density at radius 2 is 2.07 bits per heavy atom. The number of carbonyl (C=O) groups excluding carboxylic acids is 1. The van der Waals surface area contributed by atoms with Crippen LogP contribution in [0.3, 0.4) is 0 Å². The van der Waals surface area contributed by atoms with E-state index in [4.69, 9.17) is 0 Å². The molecule has 3 rings (SSSR count). The molecule has 1 aromatic carbocycles. The lowest BCUT2D eigenvalue weighted by atomic mass is 9.97. The fourth-order valence-corrected chi connectivity index (χ4v) is 5.25. The first-order valence-corrected chi connectivity index (χ1v) is 11.4. The van der Waals surface area contributed by atoms with Crippen molar-refractivity contribution in [3.05, 3.63) is 53.9 Å². The van der Waals surface area contributed by atoms with Gasteiger partial charge in [0.1, 0.15) is 17.7 Å². The van der Waals surface area contributed by atoms with E-state index in [0.717, 1.165) is 0 Å². The first-order chi connectivity index (χ1) is 13.8. The Bertz CT molecular complexity index is 943. The van der Waals surface area contributed by atoms with Crippen LogP contribution in [0, 0.1) is 11.7 Å². The number of hydrogen-bond acceptors (Lipinski definition) is 4. The second-order valence-corrected chi connectivity index (χ2v) is 9.49. The van der Waals surface area contributed by atoms with E-state index < -0.39 is 22.0 Å². The summed E-state index contributed by atoms with van der Waals surface area (Å²) in [6, 6.07) is 5.38. The molecular formula is C20H27FN4O3S. The lowest BCUT2D eigenvalue weighted by molar-refractivity contribution is -0.126. The maximum Gasteiger partial charge on any atom is 0.225 e. The van der Waals surface area contributed by atoms with Crippen molar-refractivity contribution < 1.29 is 17.6 Å². The summed E-state index contributed by atoms with van der Waals surface area (Å²) in [5, 5.41) is 3.00. The Balaban J connectivity index is 1.80. The highest BCUT2D eigenvalue weighted by Gasteiger charge is 2.33. The van der Waals surface area contributed by atoms with Gasteiger partial charge in [-0.25, -0.2) is 22.1 Å². The molecule has 0 aliphatic carbocycles. The molecule has 0 saturated carbocycles. The summed E-state index contributed by atoms with van der Waals surface area (Å²) in [6.45, 7) is 2.46. The molecule has 7 nitrogen and oxygen atoms in total. The number of nitrogens with one attached hydrogen (secondary N) is 1. The van der Waals surface area contributed by atoms with Gasteiger partial charge >= 0.3 is 0 Å². The van der Waals surface area contributed by atoms with Crippen LogP contribution in [0.1, 0.15) is 43.6 Å². The van der Waals surface area contributed by atoms with Crippen molar-refractivity contribution >= 4 is 15.9 Å². The van der Waals surface area contributed by atoms with Gasteiger partial charge in [-0.2, -0.15) is 0 Å². The molecule has 1 aliphatic heterocycles. The molecule has 0 bridgehead atoms. The van der Waals surface area contributed by atoms with E-state index in [1.54, 1.807) is 29.1 Å². The highest BCUT2D eigenvalue weighted by atomic mass is 32.2. The van der Waals surface area contributed by atoms with Crippen LogP contribution < -0.4 is 5.32 Å². The maximum atomic E-state index is 13.4. The fraction of sp³-hybridized carbons (Fsp3) is 0.500. The first-order valence-electron chi connectivity index (χ1n) is 9.82. The second kappa shape index (κ2) is 9.04. The largest absolute Gasteiger partial charge is 0.342 e. The Kier molecular flexibility index (Phi) is 6.69. The number of amides is 1. The zero-order valence-corrected chi connectivity index (χ0v) is 17.5. The third-order valence-corrected chi connectivity index (χ3v) is 7.26. The van der Waals surface area contributed by atoms with Gasteiger partial charge in [-0.3, -0.25) is 4.79 Å². The van der Waals surface area contributed by atoms with Crippen LogP contribution in [0.4, 0.5) is 4.39 Å². The molecule has 158 valence electrons. The minimum absolute atomic E-state index is 0.0901. The van der Waals surface area contributed by atoms with Gasteiger partial charge in [0.25, 0.3) is 0 Å². The number of hydrogen-bond donors (Lipinski definition) is 1. The summed E-state index contributed by atoms with van der Waals surface area (Å²) in [6.07, 6.45) is 5.22. The molecule has 2 aromatic rings. The van der Waals surface area contributed by atoms with Crippen LogP contribution >= 0.6 is 0 Å². The minimum atomic E-state index is -3.34. The zero-order valence-electron chi connectivity index (χ0n) is 16.7. The van der Waals surface area contributed by atoms with Crippen LogP contribution in [-0.4, -0.2) is 47.0 Å². The van der Waals surface area contributed by atoms with E-state index in [1.807, 2.05) is 14.0 Å². The number of nitrogens with zero attached hydrogens (tertiary/aromatic N) is 3. The molecule has 2 unspecified atom stereocenters. The van der Waals surface area contributed by atoms with Crippen molar-refractivity contribution in [2.75, 3.05) is 18.8 Å². The standard InChI is InChI=1S/C20H27FN4O3S/c1-3-13-29(27,28)25-11-4-5-16(14-25)20(26)23-18(19-22-10-12-24(19)2)15-6-8-17(21)9-7-15/h6-10,12,16,18H,3-5,11,13-14H2,1-2H3,(H,23,26). The molecule has 1 aromatic heterocycles. The van der Waals surface area contributed by atoms with E-state index in [2.05, 4.69) is 10.3 Å². The number of imidazole rings is 1. The van der Waals surface area contributed by atoms with Gasteiger partial charge in [0.05, 0.1) is 11.7 Å². The number of carbonyl (C=O) groups is 1. The fourth-order valence-electron chi connectivity index (χ4n) is 3.66. The third kappa shape index (κ3) is 5.02. The smallest absolute Gasteiger partial charge is 0.225 e. The maximum absolute atomic E-state index is 13.4. The zero-order chi connectivity index (χ0) is 21.0. The molecular weight excluding hydrogens is 395 g/mol. The summed E-state index contributed by atoms with van der Waals surface area (Å²) in [5.41, 5.74) is 0.709. The highest BCUT2D eigenvalue weighted by Crippen LogP contribution is 2.24. The number of rotatable bonds is 7. The summed E-state index contributed by atoms with van der Waals surface area (Å²) in [4.78, 5) is 17.4.